The van der Waals surface area contributed by atoms with E-state index in [9.17, 15) is 4.39 Å². The number of aromatic nitrogens is 2. The van der Waals surface area contributed by atoms with Crippen molar-refractivity contribution in [1.29, 1.82) is 0 Å². The molecule has 0 amide bonds. The molecule has 1 heterocycles. The first-order valence-corrected chi connectivity index (χ1v) is 5.65. The lowest BCUT2D eigenvalue weighted by Gasteiger charge is -2.04. The second-order valence-electron chi connectivity index (χ2n) is 4.28. The van der Waals surface area contributed by atoms with E-state index in [-0.39, 0.29) is 18.3 Å². The van der Waals surface area contributed by atoms with Crippen molar-refractivity contribution < 1.29 is 9.50 Å². The van der Waals surface area contributed by atoms with Crippen molar-refractivity contribution in [3.05, 3.63) is 23.8 Å². The van der Waals surface area contributed by atoms with Crippen LogP contribution in [-0.4, -0.2) is 28.2 Å². The number of benzene rings is 1. The van der Waals surface area contributed by atoms with Crippen LogP contribution < -0.4 is 5.32 Å². The molecule has 1 aromatic carbocycles. The number of hydrogen-bond donors (Lipinski definition) is 3. The van der Waals surface area contributed by atoms with Crippen molar-refractivity contribution in [3.63, 3.8) is 0 Å². The van der Waals surface area contributed by atoms with Gasteiger partial charge < -0.3 is 15.4 Å². The van der Waals surface area contributed by atoms with Crippen LogP contribution in [0.1, 0.15) is 25.6 Å². The van der Waals surface area contributed by atoms with Crippen molar-refractivity contribution in [2.75, 3.05) is 18.5 Å². The van der Waals surface area contributed by atoms with Gasteiger partial charge in [-0.3, -0.25) is 0 Å². The van der Waals surface area contributed by atoms with Crippen LogP contribution in [0.15, 0.2) is 12.1 Å². The third-order valence-corrected chi connectivity index (χ3v) is 2.55. The normalized spacial score (nSPS) is 11.4. The van der Waals surface area contributed by atoms with E-state index in [0.29, 0.717) is 23.3 Å². The number of halogens is 1. The van der Waals surface area contributed by atoms with E-state index in [2.05, 4.69) is 15.3 Å². The monoisotopic (exact) mass is 237 g/mol. The number of hydrogen-bond acceptors (Lipinski definition) is 3. The zero-order valence-electron chi connectivity index (χ0n) is 9.92. The number of aromatic amines is 1. The van der Waals surface area contributed by atoms with Crippen molar-refractivity contribution >= 4 is 16.7 Å². The molecule has 1 aromatic heterocycles. The van der Waals surface area contributed by atoms with Crippen LogP contribution in [0.3, 0.4) is 0 Å². The summed E-state index contributed by atoms with van der Waals surface area (Å²) < 4.78 is 13.8. The van der Waals surface area contributed by atoms with E-state index < -0.39 is 0 Å². The summed E-state index contributed by atoms with van der Waals surface area (Å²) in [4.78, 5) is 7.32. The number of H-pyrrole nitrogens is 1. The molecule has 2 aromatic rings. The molecule has 0 fully saturated rings. The molecular weight excluding hydrogens is 221 g/mol. The maximum Gasteiger partial charge on any atom is 0.153 e. The zero-order valence-corrected chi connectivity index (χ0v) is 9.92. The molecular formula is C12H16FN3O. The summed E-state index contributed by atoms with van der Waals surface area (Å²) in [7, 11) is 0. The van der Waals surface area contributed by atoms with Gasteiger partial charge in [0.25, 0.3) is 0 Å². The number of fused-ring (bicyclic) bond motifs is 1. The predicted octanol–water partition coefficient (Wildman–Crippen LogP) is 2.23. The Morgan fingerprint density at radius 2 is 2.24 bits per heavy atom. The fourth-order valence-corrected chi connectivity index (χ4v) is 1.67. The van der Waals surface area contributed by atoms with Gasteiger partial charge in [0.05, 0.1) is 12.1 Å². The molecule has 0 aliphatic rings. The second kappa shape index (κ2) is 4.71. The highest BCUT2D eigenvalue weighted by molar-refractivity contribution is 5.80. The summed E-state index contributed by atoms with van der Waals surface area (Å²) in [5.41, 5.74) is 1.68. The summed E-state index contributed by atoms with van der Waals surface area (Å²) in [5.74, 6) is 0.653. The van der Waals surface area contributed by atoms with E-state index in [0.717, 1.165) is 5.82 Å². The Kier molecular flexibility index (Phi) is 3.28. The first kappa shape index (κ1) is 11.9. The van der Waals surface area contributed by atoms with Crippen molar-refractivity contribution in [3.8, 4) is 0 Å². The second-order valence-corrected chi connectivity index (χ2v) is 4.28. The van der Waals surface area contributed by atoms with Crippen molar-refractivity contribution in [2.45, 2.75) is 19.8 Å². The minimum atomic E-state index is -0.355. The molecule has 92 valence electrons. The van der Waals surface area contributed by atoms with E-state index in [4.69, 9.17) is 5.11 Å². The predicted molar refractivity (Wildman–Crippen MR) is 65.7 cm³/mol. The Morgan fingerprint density at radius 3 is 2.88 bits per heavy atom. The van der Waals surface area contributed by atoms with Gasteiger partial charge in [-0.1, -0.05) is 13.8 Å². The average molecular weight is 237 g/mol. The summed E-state index contributed by atoms with van der Waals surface area (Å²) >= 11 is 0. The summed E-state index contributed by atoms with van der Waals surface area (Å²) in [6.45, 7) is 4.41. The number of imidazole rings is 1. The SMILES string of the molecule is CC(C)c1nc2c(F)cc(NCCO)cc2[nH]1. The van der Waals surface area contributed by atoms with Gasteiger partial charge in [0.1, 0.15) is 11.3 Å². The maximum absolute atomic E-state index is 13.8. The van der Waals surface area contributed by atoms with Gasteiger partial charge in [0.15, 0.2) is 5.82 Å². The Balaban J connectivity index is 2.42. The topological polar surface area (TPSA) is 60.9 Å². The largest absolute Gasteiger partial charge is 0.395 e. The molecule has 0 aliphatic heterocycles. The van der Waals surface area contributed by atoms with Crippen LogP contribution in [0.25, 0.3) is 11.0 Å². The van der Waals surface area contributed by atoms with E-state index in [1.54, 1.807) is 6.07 Å². The molecule has 0 atom stereocenters. The van der Waals surface area contributed by atoms with Crippen LogP contribution in [0.4, 0.5) is 10.1 Å². The lowest BCUT2D eigenvalue weighted by atomic mass is 10.2. The first-order chi connectivity index (χ1) is 8.11. The van der Waals surface area contributed by atoms with Crippen LogP contribution >= 0.6 is 0 Å². The smallest absolute Gasteiger partial charge is 0.153 e. The molecule has 0 saturated carbocycles. The lowest BCUT2D eigenvalue weighted by Crippen LogP contribution is -2.05. The van der Waals surface area contributed by atoms with Gasteiger partial charge in [0, 0.05) is 18.2 Å². The quantitative estimate of drug-likeness (QED) is 0.764. The minimum Gasteiger partial charge on any atom is -0.395 e. The van der Waals surface area contributed by atoms with Gasteiger partial charge in [0.2, 0.25) is 0 Å². The standard InChI is InChI=1S/C12H16FN3O/c1-7(2)12-15-10-6-8(14-3-4-17)5-9(13)11(10)16-12/h5-7,14,17H,3-4H2,1-2H3,(H,15,16). The zero-order chi connectivity index (χ0) is 12.4. The van der Waals surface area contributed by atoms with Crippen LogP contribution in [0, 0.1) is 5.82 Å². The fourth-order valence-electron chi connectivity index (χ4n) is 1.67. The molecule has 0 unspecified atom stereocenters. The number of nitrogens with zero attached hydrogens (tertiary/aromatic N) is 1. The Labute approximate surface area is 98.9 Å². The molecule has 17 heavy (non-hydrogen) atoms. The van der Waals surface area contributed by atoms with Crippen LogP contribution in [0.5, 0.6) is 0 Å². The molecule has 0 spiro atoms. The van der Waals surface area contributed by atoms with Crippen molar-refractivity contribution in [2.24, 2.45) is 0 Å². The highest BCUT2D eigenvalue weighted by Crippen LogP contribution is 2.23. The Morgan fingerprint density at radius 1 is 1.47 bits per heavy atom. The maximum atomic E-state index is 13.8. The summed E-state index contributed by atoms with van der Waals surface area (Å²) in [6, 6.07) is 3.19. The van der Waals surface area contributed by atoms with Crippen LogP contribution in [-0.2, 0) is 0 Å². The number of anilines is 1. The number of aliphatic hydroxyl groups excluding tert-OH is 1. The molecule has 0 saturated heterocycles. The van der Waals surface area contributed by atoms with E-state index in [1.807, 2.05) is 13.8 Å². The van der Waals surface area contributed by atoms with E-state index >= 15 is 0 Å². The molecule has 4 nitrogen and oxygen atoms in total. The molecule has 0 radical (unpaired) electrons. The number of aliphatic hydroxyl groups is 1. The first-order valence-electron chi connectivity index (χ1n) is 5.65. The molecule has 0 bridgehead atoms. The van der Waals surface area contributed by atoms with Gasteiger partial charge in [-0.2, -0.15) is 0 Å². The average Bonchev–Trinajstić information content (AvgIpc) is 2.71. The van der Waals surface area contributed by atoms with Gasteiger partial charge in [-0.05, 0) is 12.1 Å². The molecule has 5 heteroatoms. The van der Waals surface area contributed by atoms with Crippen molar-refractivity contribution in [1.82, 2.24) is 9.97 Å². The van der Waals surface area contributed by atoms with Gasteiger partial charge in [-0.25, -0.2) is 9.37 Å². The molecule has 3 N–H and O–H groups in total. The van der Waals surface area contributed by atoms with Crippen LogP contribution in [0.2, 0.25) is 0 Å². The van der Waals surface area contributed by atoms with Gasteiger partial charge in [-0.15, -0.1) is 0 Å². The third-order valence-electron chi connectivity index (χ3n) is 2.55. The highest BCUT2D eigenvalue weighted by atomic mass is 19.1. The molecule has 0 aliphatic carbocycles. The fraction of sp³-hybridized carbons (Fsp3) is 0.417. The highest BCUT2D eigenvalue weighted by Gasteiger charge is 2.11. The Bertz CT molecular complexity index is 522. The summed E-state index contributed by atoms with van der Waals surface area (Å²) in [5, 5.41) is 11.6. The van der Waals surface area contributed by atoms with Gasteiger partial charge >= 0.3 is 0 Å². The Hall–Kier alpha value is -1.62. The summed E-state index contributed by atoms with van der Waals surface area (Å²) in [6.07, 6.45) is 0. The third kappa shape index (κ3) is 2.39. The number of rotatable bonds is 4. The molecule has 2 rings (SSSR count). The van der Waals surface area contributed by atoms with E-state index in [1.165, 1.54) is 6.07 Å². The lowest BCUT2D eigenvalue weighted by molar-refractivity contribution is 0.311. The minimum absolute atomic E-state index is 0.0138. The number of nitrogens with one attached hydrogen (secondary N) is 2.